The number of hydrogen-bond acceptors (Lipinski definition) is 1. The molecule has 0 aliphatic heterocycles. The van der Waals surface area contributed by atoms with Crippen LogP contribution in [0.2, 0.25) is 0 Å². The Labute approximate surface area is 86.6 Å². The van der Waals surface area contributed by atoms with Gasteiger partial charge in [0.1, 0.15) is 5.78 Å². The van der Waals surface area contributed by atoms with Crippen LogP contribution < -0.4 is 0 Å². The molecule has 0 N–H and O–H groups in total. The van der Waals surface area contributed by atoms with Crippen molar-refractivity contribution < 1.29 is 4.79 Å². The van der Waals surface area contributed by atoms with E-state index in [1.807, 2.05) is 0 Å². The number of Topliss-reactive ketones (excluding diaryl/α,β-unsaturated/α-hetero) is 1. The molecule has 1 heteroatoms. The topological polar surface area (TPSA) is 17.1 Å². The van der Waals surface area contributed by atoms with Gasteiger partial charge in [-0.25, -0.2) is 0 Å². The Balaban J connectivity index is 2.27. The van der Waals surface area contributed by atoms with Crippen molar-refractivity contribution in [3.63, 3.8) is 0 Å². The summed E-state index contributed by atoms with van der Waals surface area (Å²) in [7, 11) is 0. The zero-order chi connectivity index (χ0) is 10.3. The van der Waals surface area contributed by atoms with Crippen molar-refractivity contribution in [2.75, 3.05) is 0 Å². The average Bonchev–Trinajstić information content (AvgIpc) is 2.12. The lowest BCUT2D eigenvalue weighted by molar-refractivity contribution is -0.131. The van der Waals surface area contributed by atoms with Gasteiger partial charge in [-0.15, -0.1) is 0 Å². The molecule has 2 aliphatic rings. The van der Waals surface area contributed by atoms with Crippen molar-refractivity contribution in [1.29, 1.82) is 0 Å². The Bertz CT molecular complexity index is 286. The summed E-state index contributed by atoms with van der Waals surface area (Å²) >= 11 is 0. The molecule has 0 aromatic carbocycles. The first-order valence-corrected chi connectivity index (χ1v) is 5.69. The lowest BCUT2D eigenvalue weighted by Crippen LogP contribution is -2.41. The molecule has 2 aliphatic carbocycles. The van der Waals surface area contributed by atoms with Crippen molar-refractivity contribution in [2.24, 2.45) is 17.3 Å². The molecule has 0 bridgehead atoms. The number of hydrogen-bond donors (Lipinski definition) is 0. The lowest BCUT2D eigenvalue weighted by atomic mass is 9.59. The van der Waals surface area contributed by atoms with Crippen LogP contribution in [0.15, 0.2) is 11.6 Å². The molecule has 1 fully saturated rings. The van der Waals surface area contributed by atoms with Gasteiger partial charge in [0, 0.05) is 12.3 Å². The zero-order valence-electron chi connectivity index (χ0n) is 9.47. The first kappa shape index (κ1) is 9.95. The molecule has 1 saturated carbocycles. The van der Waals surface area contributed by atoms with E-state index < -0.39 is 0 Å². The minimum Gasteiger partial charge on any atom is -0.299 e. The summed E-state index contributed by atoms with van der Waals surface area (Å²) in [6, 6.07) is 0. The second-order valence-electron chi connectivity index (χ2n) is 5.66. The maximum Gasteiger partial charge on any atom is 0.136 e. The summed E-state index contributed by atoms with van der Waals surface area (Å²) in [5, 5.41) is 0. The molecule has 0 aromatic rings. The molecule has 2 rings (SSSR count). The number of carbonyl (C=O) groups is 1. The van der Waals surface area contributed by atoms with Crippen LogP contribution in [0.4, 0.5) is 0 Å². The minimum atomic E-state index is 0.336. The number of fused-ring (bicyclic) bond motifs is 1. The third-order valence-electron chi connectivity index (χ3n) is 4.18. The van der Waals surface area contributed by atoms with Gasteiger partial charge < -0.3 is 0 Å². The van der Waals surface area contributed by atoms with Crippen molar-refractivity contribution in [3.8, 4) is 0 Å². The van der Waals surface area contributed by atoms with Crippen LogP contribution in [0.3, 0.4) is 0 Å². The van der Waals surface area contributed by atoms with Crippen molar-refractivity contribution in [1.82, 2.24) is 0 Å². The SMILES string of the molecule is CC1=CC[C@@H]2C(=O)CCC(C)(C)[C@H]2C1. The van der Waals surface area contributed by atoms with Crippen LogP contribution in [0, 0.1) is 17.3 Å². The molecule has 14 heavy (non-hydrogen) atoms. The summed E-state index contributed by atoms with van der Waals surface area (Å²) in [6.07, 6.45) is 6.30. The predicted octanol–water partition coefficient (Wildman–Crippen LogP) is 3.35. The second-order valence-corrected chi connectivity index (χ2v) is 5.66. The molecule has 0 heterocycles. The number of allylic oxidation sites excluding steroid dienone is 2. The smallest absolute Gasteiger partial charge is 0.136 e. The highest BCUT2D eigenvalue weighted by Crippen LogP contribution is 2.48. The quantitative estimate of drug-likeness (QED) is 0.538. The molecule has 78 valence electrons. The van der Waals surface area contributed by atoms with Crippen LogP contribution >= 0.6 is 0 Å². The van der Waals surface area contributed by atoms with Gasteiger partial charge in [0.15, 0.2) is 0 Å². The van der Waals surface area contributed by atoms with Gasteiger partial charge in [0.25, 0.3) is 0 Å². The Morgan fingerprint density at radius 3 is 2.86 bits per heavy atom. The Morgan fingerprint density at radius 1 is 1.43 bits per heavy atom. The molecule has 0 amide bonds. The van der Waals surface area contributed by atoms with E-state index >= 15 is 0 Å². The van der Waals surface area contributed by atoms with Crippen LogP contribution in [0.1, 0.15) is 46.5 Å². The summed E-state index contributed by atoms with van der Waals surface area (Å²) in [5.74, 6) is 1.45. The Morgan fingerprint density at radius 2 is 2.14 bits per heavy atom. The predicted molar refractivity (Wildman–Crippen MR) is 58.0 cm³/mol. The molecular weight excluding hydrogens is 172 g/mol. The van der Waals surface area contributed by atoms with Crippen LogP contribution in [0.25, 0.3) is 0 Å². The van der Waals surface area contributed by atoms with Crippen LogP contribution in [0.5, 0.6) is 0 Å². The first-order chi connectivity index (χ1) is 6.50. The molecule has 0 radical (unpaired) electrons. The summed E-state index contributed by atoms with van der Waals surface area (Å²) in [4.78, 5) is 11.8. The minimum absolute atomic E-state index is 0.336. The second kappa shape index (κ2) is 3.22. The van der Waals surface area contributed by atoms with Gasteiger partial charge in [-0.2, -0.15) is 0 Å². The molecule has 2 atom stereocenters. The highest BCUT2D eigenvalue weighted by molar-refractivity contribution is 5.82. The van der Waals surface area contributed by atoms with E-state index in [0.717, 1.165) is 25.7 Å². The highest BCUT2D eigenvalue weighted by atomic mass is 16.1. The molecule has 0 unspecified atom stereocenters. The maximum atomic E-state index is 11.8. The summed E-state index contributed by atoms with van der Waals surface area (Å²) < 4.78 is 0. The zero-order valence-corrected chi connectivity index (χ0v) is 9.47. The van der Waals surface area contributed by atoms with Crippen molar-refractivity contribution >= 4 is 5.78 Å². The lowest BCUT2D eigenvalue weighted by Gasteiger charge is -2.45. The van der Waals surface area contributed by atoms with Crippen molar-refractivity contribution in [2.45, 2.75) is 46.5 Å². The first-order valence-electron chi connectivity index (χ1n) is 5.69. The van der Waals surface area contributed by atoms with E-state index in [2.05, 4.69) is 26.8 Å². The summed E-state index contributed by atoms with van der Waals surface area (Å²) in [5.41, 5.74) is 1.85. The fraction of sp³-hybridized carbons (Fsp3) is 0.769. The fourth-order valence-electron chi connectivity index (χ4n) is 3.06. The van der Waals surface area contributed by atoms with Gasteiger partial charge in [-0.1, -0.05) is 25.5 Å². The average molecular weight is 192 g/mol. The van der Waals surface area contributed by atoms with E-state index in [1.165, 1.54) is 5.57 Å². The Hall–Kier alpha value is -0.590. The van der Waals surface area contributed by atoms with Gasteiger partial charge in [0.2, 0.25) is 0 Å². The molecular formula is C13H20O. The largest absolute Gasteiger partial charge is 0.299 e. The van der Waals surface area contributed by atoms with Crippen LogP contribution in [-0.4, -0.2) is 5.78 Å². The number of rotatable bonds is 0. The van der Waals surface area contributed by atoms with Crippen molar-refractivity contribution in [3.05, 3.63) is 11.6 Å². The molecule has 0 spiro atoms. The van der Waals surface area contributed by atoms with Gasteiger partial charge >= 0.3 is 0 Å². The third kappa shape index (κ3) is 1.53. The molecule has 0 saturated heterocycles. The number of carbonyl (C=O) groups excluding carboxylic acids is 1. The van der Waals surface area contributed by atoms with Gasteiger partial charge in [-0.3, -0.25) is 4.79 Å². The molecule has 0 aromatic heterocycles. The van der Waals surface area contributed by atoms with Crippen LogP contribution in [-0.2, 0) is 4.79 Å². The van der Waals surface area contributed by atoms with E-state index in [4.69, 9.17) is 0 Å². The molecule has 1 nitrogen and oxygen atoms in total. The summed E-state index contributed by atoms with van der Waals surface area (Å²) in [6.45, 7) is 6.86. The van der Waals surface area contributed by atoms with E-state index in [0.29, 0.717) is 23.0 Å². The highest BCUT2D eigenvalue weighted by Gasteiger charge is 2.43. The number of ketones is 1. The maximum absolute atomic E-state index is 11.8. The third-order valence-corrected chi connectivity index (χ3v) is 4.18. The van der Waals surface area contributed by atoms with Gasteiger partial charge in [0.05, 0.1) is 0 Å². The normalized spacial score (nSPS) is 36.2. The van der Waals surface area contributed by atoms with E-state index in [-0.39, 0.29) is 0 Å². The van der Waals surface area contributed by atoms with E-state index in [9.17, 15) is 4.79 Å². The Kier molecular flexibility index (Phi) is 2.29. The van der Waals surface area contributed by atoms with Gasteiger partial charge in [-0.05, 0) is 37.5 Å². The standard InChI is InChI=1S/C13H20O/c1-9-4-5-10-11(8-9)13(2,3)7-6-12(10)14/h4,10-11H,5-8H2,1-3H3/t10-,11-/m0/s1. The van der Waals surface area contributed by atoms with E-state index in [1.54, 1.807) is 0 Å². The monoisotopic (exact) mass is 192 g/mol. The fourth-order valence-corrected chi connectivity index (χ4v) is 3.06.